The van der Waals surface area contributed by atoms with Gasteiger partial charge >= 0.3 is 0 Å². The molecule has 0 atom stereocenters. The normalized spacial score (nSPS) is 10.8. The third-order valence-electron chi connectivity index (χ3n) is 4.26. The molecule has 0 aliphatic rings. The van der Waals surface area contributed by atoms with Gasteiger partial charge in [0.1, 0.15) is 23.3 Å². The minimum atomic E-state index is -0.512. The number of hydrogen-bond donors (Lipinski definition) is 1. The first-order valence-corrected chi connectivity index (χ1v) is 8.72. The average molecular weight is 393 g/mol. The fourth-order valence-corrected chi connectivity index (χ4v) is 2.79. The van der Waals surface area contributed by atoms with Crippen molar-refractivity contribution in [3.8, 4) is 11.4 Å². The number of hydrogen-bond acceptors (Lipinski definition) is 5. The molecule has 4 rings (SSSR count). The van der Waals surface area contributed by atoms with E-state index in [1.807, 2.05) is 19.1 Å². The topological polar surface area (TPSA) is 91.0 Å². The number of amides is 1. The number of fused-ring (bicyclic) bond motifs is 1. The summed E-state index contributed by atoms with van der Waals surface area (Å²) in [4.78, 5) is 29.0. The highest BCUT2D eigenvalue weighted by Crippen LogP contribution is 2.16. The number of ether oxygens (including phenoxy) is 1. The Hall–Kier alpha value is -4.01. The fraction of sp³-hybridized carbons (Fsp3) is 0.100. The zero-order valence-corrected chi connectivity index (χ0v) is 15.4. The van der Waals surface area contributed by atoms with E-state index in [0.717, 1.165) is 10.2 Å². The van der Waals surface area contributed by atoms with Crippen LogP contribution in [0.25, 0.3) is 16.7 Å². The van der Waals surface area contributed by atoms with Gasteiger partial charge in [0, 0.05) is 0 Å². The van der Waals surface area contributed by atoms with Crippen LogP contribution in [0.1, 0.15) is 5.56 Å². The molecule has 0 saturated heterocycles. The van der Waals surface area contributed by atoms with E-state index in [1.54, 1.807) is 12.1 Å². The van der Waals surface area contributed by atoms with E-state index in [1.165, 1.54) is 41.5 Å². The van der Waals surface area contributed by atoms with Crippen LogP contribution in [0.5, 0.6) is 5.75 Å². The first-order valence-electron chi connectivity index (χ1n) is 8.72. The van der Waals surface area contributed by atoms with Crippen molar-refractivity contribution >= 4 is 16.9 Å². The van der Waals surface area contributed by atoms with Crippen LogP contribution in [0.4, 0.5) is 4.39 Å². The van der Waals surface area contributed by atoms with Gasteiger partial charge in [-0.25, -0.2) is 18.7 Å². The van der Waals surface area contributed by atoms with Crippen molar-refractivity contribution in [2.24, 2.45) is 0 Å². The molecule has 0 saturated carbocycles. The van der Waals surface area contributed by atoms with Gasteiger partial charge < -0.3 is 4.74 Å². The predicted molar refractivity (Wildman–Crippen MR) is 104 cm³/mol. The maximum Gasteiger partial charge on any atom is 0.283 e. The van der Waals surface area contributed by atoms with Gasteiger partial charge in [0.05, 0.1) is 11.9 Å². The lowest BCUT2D eigenvalue weighted by Crippen LogP contribution is -2.35. The standard InChI is InChI=1S/C20H16FN5O3/c1-13-4-2-3-5-17(13)29-11-18(27)24-25-12-22-19-16(20(25)28)10-23-26(19)15-8-6-14(21)7-9-15/h2-10,12H,11H2,1H3,(H,24,27). The van der Waals surface area contributed by atoms with Crippen LogP contribution >= 0.6 is 0 Å². The Kier molecular flexibility index (Phi) is 4.78. The molecular weight excluding hydrogens is 377 g/mol. The molecule has 2 heterocycles. The van der Waals surface area contributed by atoms with E-state index in [2.05, 4.69) is 15.5 Å². The Labute approximate surface area is 164 Å². The second-order valence-electron chi connectivity index (χ2n) is 6.28. The van der Waals surface area contributed by atoms with Crippen molar-refractivity contribution < 1.29 is 13.9 Å². The Morgan fingerprint density at radius 1 is 1.17 bits per heavy atom. The van der Waals surface area contributed by atoms with E-state index >= 15 is 0 Å². The SMILES string of the molecule is Cc1ccccc1OCC(=O)Nn1cnc2c(cnn2-c2ccc(F)cc2)c1=O. The van der Waals surface area contributed by atoms with Crippen molar-refractivity contribution in [1.29, 1.82) is 0 Å². The Balaban J connectivity index is 1.53. The number of carbonyl (C=O) groups is 1. The Bertz CT molecular complexity index is 1250. The fourth-order valence-electron chi connectivity index (χ4n) is 2.79. The third kappa shape index (κ3) is 3.70. The number of para-hydroxylation sites is 1. The molecule has 0 radical (unpaired) electrons. The Morgan fingerprint density at radius 3 is 2.69 bits per heavy atom. The highest BCUT2D eigenvalue weighted by atomic mass is 19.1. The van der Waals surface area contributed by atoms with Gasteiger partial charge in [-0.3, -0.25) is 15.0 Å². The summed E-state index contributed by atoms with van der Waals surface area (Å²) in [6.45, 7) is 1.61. The van der Waals surface area contributed by atoms with E-state index in [4.69, 9.17) is 4.74 Å². The van der Waals surface area contributed by atoms with Crippen LogP contribution < -0.4 is 15.7 Å². The molecule has 146 valence electrons. The molecule has 29 heavy (non-hydrogen) atoms. The summed E-state index contributed by atoms with van der Waals surface area (Å²) in [7, 11) is 0. The number of aromatic nitrogens is 4. The van der Waals surface area contributed by atoms with E-state index in [0.29, 0.717) is 17.1 Å². The number of halogens is 1. The Morgan fingerprint density at radius 2 is 1.93 bits per heavy atom. The number of nitrogens with one attached hydrogen (secondary N) is 1. The quantitative estimate of drug-likeness (QED) is 0.561. The van der Waals surface area contributed by atoms with Gasteiger partial charge in [-0.1, -0.05) is 18.2 Å². The minimum Gasteiger partial charge on any atom is -0.483 e. The van der Waals surface area contributed by atoms with Crippen LogP contribution in [-0.4, -0.2) is 32.0 Å². The molecular formula is C20H16FN5O3. The minimum absolute atomic E-state index is 0.206. The first kappa shape index (κ1) is 18.4. The number of carbonyl (C=O) groups excluding carboxylic acids is 1. The van der Waals surface area contributed by atoms with Crippen LogP contribution in [0, 0.1) is 12.7 Å². The molecule has 4 aromatic rings. The largest absolute Gasteiger partial charge is 0.483 e. The smallest absolute Gasteiger partial charge is 0.283 e. The molecule has 0 spiro atoms. The number of aryl methyl sites for hydroxylation is 1. The van der Waals surface area contributed by atoms with Crippen LogP contribution in [0.2, 0.25) is 0 Å². The van der Waals surface area contributed by atoms with Crippen LogP contribution in [0.3, 0.4) is 0 Å². The number of rotatable bonds is 5. The maximum atomic E-state index is 13.1. The van der Waals surface area contributed by atoms with Crippen molar-refractivity contribution in [1.82, 2.24) is 19.4 Å². The zero-order chi connectivity index (χ0) is 20.4. The maximum absolute atomic E-state index is 13.1. The van der Waals surface area contributed by atoms with Crippen LogP contribution in [-0.2, 0) is 4.79 Å². The van der Waals surface area contributed by atoms with Gasteiger partial charge in [-0.2, -0.15) is 5.10 Å². The third-order valence-corrected chi connectivity index (χ3v) is 4.26. The average Bonchev–Trinajstić information content (AvgIpc) is 3.15. The molecule has 1 amide bonds. The highest BCUT2D eigenvalue weighted by molar-refractivity contribution is 5.85. The van der Waals surface area contributed by atoms with Gasteiger partial charge in [0.15, 0.2) is 12.3 Å². The highest BCUT2D eigenvalue weighted by Gasteiger charge is 2.13. The molecule has 0 fully saturated rings. The number of benzene rings is 2. The van der Waals surface area contributed by atoms with Crippen molar-refractivity contribution in [3.63, 3.8) is 0 Å². The lowest BCUT2D eigenvalue weighted by atomic mass is 10.2. The summed E-state index contributed by atoms with van der Waals surface area (Å²) in [5.74, 6) is -0.303. The van der Waals surface area contributed by atoms with Crippen molar-refractivity contribution in [3.05, 3.63) is 82.8 Å². The second-order valence-corrected chi connectivity index (χ2v) is 6.28. The molecule has 0 bridgehead atoms. The zero-order valence-electron chi connectivity index (χ0n) is 15.4. The van der Waals surface area contributed by atoms with Gasteiger partial charge in [-0.05, 0) is 42.8 Å². The lowest BCUT2D eigenvalue weighted by molar-refractivity contribution is -0.119. The monoisotopic (exact) mass is 393 g/mol. The summed E-state index contributed by atoms with van der Waals surface area (Å²) >= 11 is 0. The second kappa shape index (κ2) is 7.55. The molecule has 2 aromatic heterocycles. The van der Waals surface area contributed by atoms with E-state index in [9.17, 15) is 14.0 Å². The molecule has 0 unspecified atom stereocenters. The van der Waals surface area contributed by atoms with Crippen LogP contribution in [0.15, 0.2) is 65.8 Å². The summed E-state index contributed by atoms with van der Waals surface area (Å²) in [6.07, 6.45) is 2.54. The molecule has 8 nitrogen and oxygen atoms in total. The first-order chi connectivity index (χ1) is 14.0. The molecule has 1 N–H and O–H groups in total. The van der Waals surface area contributed by atoms with E-state index < -0.39 is 11.5 Å². The molecule has 0 aliphatic carbocycles. The summed E-state index contributed by atoms with van der Waals surface area (Å²) in [5.41, 5.74) is 3.70. The van der Waals surface area contributed by atoms with Gasteiger partial charge in [-0.15, -0.1) is 0 Å². The van der Waals surface area contributed by atoms with Gasteiger partial charge in [0.2, 0.25) is 0 Å². The predicted octanol–water partition coefficient (Wildman–Crippen LogP) is 2.18. The summed E-state index contributed by atoms with van der Waals surface area (Å²) in [6, 6.07) is 12.9. The van der Waals surface area contributed by atoms with Gasteiger partial charge in [0.25, 0.3) is 11.5 Å². The van der Waals surface area contributed by atoms with Crippen molar-refractivity contribution in [2.45, 2.75) is 6.92 Å². The molecule has 9 heteroatoms. The van der Waals surface area contributed by atoms with E-state index in [-0.39, 0.29) is 17.8 Å². The summed E-state index contributed by atoms with van der Waals surface area (Å²) < 4.78 is 21.0. The molecule has 2 aromatic carbocycles. The van der Waals surface area contributed by atoms with Crippen molar-refractivity contribution in [2.75, 3.05) is 12.0 Å². The summed E-state index contributed by atoms with van der Waals surface area (Å²) in [5, 5.41) is 4.35. The number of nitrogens with zero attached hydrogens (tertiary/aromatic N) is 4. The molecule has 0 aliphatic heterocycles. The lowest BCUT2D eigenvalue weighted by Gasteiger charge is -2.10.